The van der Waals surface area contributed by atoms with Gasteiger partial charge in [0.1, 0.15) is 0 Å². The number of pyridine rings is 1. The van der Waals surface area contributed by atoms with Gasteiger partial charge in [-0.05, 0) is 62.4 Å². The maximum Gasteiger partial charge on any atom is 0.238 e. The third-order valence-electron chi connectivity index (χ3n) is 5.40. The Morgan fingerprint density at radius 2 is 1.96 bits per heavy atom. The summed E-state index contributed by atoms with van der Waals surface area (Å²) in [6, 6.07) is 14.1. The molecule has 2 atom stereocenters. The summed E-state index contributed by atoms with van der Waals surface area (Å²) in [6.45, 7) is 0.989. The molecule has 4 rings (SSSR count). The first-order valence-corrected chi connectivity index (χ1v) is 9.24. The first-order valence-electron chi connectivity index (χ1n) is 9.24. The zero-order valence-electron chi connectivity index (χ0n) is 14.7. The number of likely N-dealkylation sites (tertiary alicyclic amines) is 1. The highest BCUT2D eigenvalue weighted by molar-refractivity contribution is 5.82. The minimum atomic E-state index is -0.198. The number of likely N-dealkylation sites (N-methyl/N-ethyl adjacent to an activating group) is 1. The van der Waals surface area contributed by atoms with E-state index >= 15 is 0 Å². The van der Waals surface area contributed by atoms with Crippen LogP contribution in [-0.2, 0) is 4.79 Å². The number of rotatable bonds is 5. The fourth-order valence-corrected chi connectivity index (χ4v) is 3.70. The number of hydrogen-bond donors (Lipinski definition) is 1. The second-order valence-corrected chi connectivity index (χ2v) is 7.28. The molecule has 1 aliphatic heterocycles. The van der Waals surface area contributed by atoms with Crippen LogP contribution in [-0.4, -0.2) is 35.4 Å². The van der Waals surface area contributed by atoms with Crippen LogP contribution < -0.4 is 5.32 Å². The fourth-order valence-electron chi connectivity index (χ4n) is 3.70. The molecule has 2 aliphatic rings. The SMILES string of the molecule is CN1CCCC1C(=O)NC(c1ccccc1)c1ccc(C2CC2)cn1. The van der Waals surface area contributed by atoms with Crippen molar-refractivity contribution in [3.8, 4) is 0 Å². The van der Waals surface area contributed by atoms with Crippen molar-refractivity contribution in [2.24, 2.45) is 0 Å². The van der Waals surface area contributed by atoms with E-state index in [0.29, 0.717) is 5.92 Å². The number of nitrogens with zero attached hydrogens (tertiary/aromatic N) is 2. The lowest BCUT2D eigenvalue weighted by Gasteiger charge is -2.24. The van der Waals surface area contributed by atoms with Crippen molar-refractivity contribution in [1.82, 2.24) is 15.2 Å². The molecular formula is C21H25N3O. The molecule has 4 heteroatoms. The molecule has 1 saturated carbocycles. The van der Waals surface area contributed by atoms with E-state index in [1.54, 1.807) is 0 Å². The average Bonchev–Trinajstić information content (AvgIpc) is 3.41. The van der Waals surface area contributed by atoms with E-state index in [1.807, 2.05) is 31.4 Å². The maximum absolute atomic E-state index is 12.8. The van der Waals surface area contributed by atoms with Crippen LogP contribution in [0.2, 0.25) is 0 Å². The standard InChI is InChI=1S/C21H25N3O/c1-24-13-5-8-19(24)21(25)23-20(16-6-3-2-4-7-16)18-12-11-17(14-22-18)15-9-10-15/h2-4,6-7,11-12,14-15,19-20H,5,8-10,13H2,1H3,(H,23,25). The highest BCUT2D eigenvalue weighted by atomic mass is 16.2. The molecule has 0 spiro atoms. The molecular weight excluding hydrogens is 310 g/mol. The Kier molecular flexibility index (Phi) is 4.53. The van der Waals surface area contributed by atoms with Crippen molar-refractivity contribution >= 4 is 5.91 Å². The lowest BCUT2D eigenvalue weighted by molar-refractivity contribution is -0.125. The molecule has 0 bridgehead atoms. The quantitative estimate of drug-likeness (QED) is 0.912. The van der Waals surface area contributed by atoms with E-state index in [4.69, 9.17) is 0 Å². The number of carbonyl (C=O) groups excluding carboxylic acids is 1. The summed E-state index contributed by atoms with van der Waals surface area (Å²) >= 11 is 0. The topological polar surface area (TPSA) is 45.2 Å². The Bertz CT molecular complexity index is 725. The number of hydrogen-bond acceptors (Lipinski definition) is 3. The van der Waals surface area contributed by atoms with Gasteiger partial charge in [-0.1, -0.05) is 36.4 Å². The summed E-state index contributed by atoms with van der Waals surface area (Å²) in [5.74, 6) is 0.792. The zero-order valence-corrected chi connectivity index (χ0v) is 14.7. The van der Waals surface area contributed by atoms with Gasteiger partial charge in [-0.3, -0.25) is 14.7 Å². The van der Waals surface area contributed by atoms with Gasteiger partial charge in [0.15, 0.2) is 0 Å². The van der Waals surface area contributed by atoms with Gasteiger partial charge < -0.3 is 5.32 Å². The van der Waals surface area contributed by atoms with Crippen LogP contribution in [0, 0.1) is 0 Å². The summed E-state index contributed by atoms with van der Waals surface area (Å²) in [5, 5.41) is 3.24. The van der Waals surface area contributed by atoms with E-state index in [-0.39, 0.29) is 18.0 Å². The van der Waals surface area contributed by atoms with Crippen molar-refractivity contribution in [2.45, 2.75) is 43.7 Å². The monoisotopic (exact) mass is 335 g/mol. The molecule has 25 heavy (non-hydrogen) atoms. The molecule has 1 aromatic heterocycles. The molecule has 130 valence electrons. The predicted molar refractivity (Wildman–Crippen MR) is 98.3 cm³/mol. The largest absolute Gasteiger partial charge is 0.342 e. The summed E-state index contributed by atoms with van der Waals surface area (Å²) in [4.78, 5) is 19.6. The van der Waals surface area contributed by atoms with Crippen molar-refractivity contribution in [3.63, 3.8) is 0 Å². The number of nitrogens with one attached hydrogen (secondary N) is 1. The van der Waals surface area contributed by atoms with E-state index in [2.05, 4.69) is 39.5 Å². The molecule has 2 aromatic rings. The van der Waals surface area contributed by atoms with Gasteiger partial charge in [0.05, 0.1) is 17.8 Å². The third kappa shape index (κ3) is 3.59. The molecule has 2 unspecified atom stereocenters. The second kappa shape index (κ2) is 6.96. The minimum absolute atomic E-state index is 0.0306. The predicted octanol–water partition coefficient (Wildman–Crippen LogP) is 3.26. The molecule has 0 radical (unpaired) electrons. The van der Waals surface area contributed by atoms with Crippen LogP contribution in [0.3, 0.4) is 0 Å². The van der Waals surface area contributed by atoms with Crippen LogP contribution >= 0.6 is 0 Å². The van der Waals surface area contributed by atoms with Gasteiger partial charge in [-0.25, -0.2) is 0 Å². The van der Waals surface area contributed by atoms with Gasteiger partial charge >= 0.3 is 0 Å². The summed E-state index contributed by atoms with van der Waals surface area (Å²) in [5.41, 5.74) is 3.30. The van der Waals surface area contributed by atoms with Crippen LogP contribution in [0.5, 0.6) is 0 Å². The Balaban J connectivity index is 1.58. The normalized spacial score (nSPS) is 21.9. The fraction of sp³-hybridized carbons (Fsp3) is 0.429. The summed E-state index contributed by atoms with van der Waals surface area (Å²) in [7, 11) is 2.03. The zero-order chi connectivity index (χ0) is 17.2. The van der Waals surface area contributed by atoms with E-state index in [9.17, 15) is 4.79 Å². The van der Waals surface area contributed by atoms with Crippen molar-refractivity contribution in [3.05, 3.63) is 65.5 Å². The molecule has 2 fully saturated rings. The smallest absolute Gasteiger partial charge is 0.238 e. The maximum atomic E-state index is 12.8. The lowest BCUT2D eigenvalue weighted by atomic mass is 10.0. The van der Waals surface area contributed by atoms with Gasteiger partial charge in [-0.15, -0.1) is 0 Å². The first-order chi connectivity index (χ1) is 12.2. The van der Waals surface area contributed by atoms with Gasteiger partial charge in [0.2, 0.25) is 5.91 Å². The van der Waals surface area contributed by atoms with E-state index < -0.39 is 0 Å². The first kappa shape index (κ1) is 16.3. The van der Waals surface area contributed by atoms with E-state index in [1.165, 1.54) is 18.4 Å². The van der Waals surface area contributed by atoms with Crippen LogP contribution in [0.25, 0.3) is 0 Å². The van der Waals surface area contributed by atoms with E-state index in [0.717, 1.165) is 30.6 Å². The third-order valence-corrected chi connectivity index (χ3v) is 5.40. The van der Waals surface area contributed by atoms with Crippen molar-refractivity contribution in [2.75, 3.05) is 13.6 Å². The second-order valence-electron chi connectivity index (χ2n) is 7.28. The van der Waals surface area contributed by atoms with Gasteiger partial charge in [0, 0.05) is 6.20 Å². The van der Waals surface area contributed by atoms with Crippen LogP contribution in [0.4, 0.5) is 0 Å². The Hall–Kier alpha value is -2.20. The molecule has 1 saturated heterocycles. The highest BCUT2D eigenvalue weighted by Crippen LogP contribution is 2.39. The minimum Gasteiger partial charge on any atom is -0.342 e. The number of aromatic nitrogens is 1. The molecule has 1 aliphatic carbocycles. The number of carbonyl (C=O) groups is 1. The molecule has 1 aromatic carbocycles. The molecule has 1 N–H and O–H groups in total. The van der Waals surface area contributed by atoms with Gasteiger partial charge in [0.25, 0.3) is 0 Å². The summed E-state index contributed by atoms with van der Waals surface area (Å²) in [6.07, 6.45) is 6.54. The van der Waals surface area contributed by atoms with Gasteiger partial charge in [-0.2, -0.15) is 0 Å². The molecule has 2 heterocycles. The van der Waals surface area contributed by atoms with Crippen molar-refractivity contribution in [1.29, 1.82) is 0 Å². The Morgan fingerprint density at radius 1 is 1.16 bits per heavy atom. The number of amides is 1. The van der Waals surface area contributed by atoms with Crippen LogP contribution in [0.15, 0.2) is 48.7 Å². The van der Waals surface area contributed by atoms with Crippen LogP contribution in [0.1, 0.15) is 54.5 Å². The molecule has 4 nitrogen and oxygen atoms in total. The number of benzene rings is 1. The Morgan fingerprint density at radius 3 is 2.56 bits per heavy atom. The van der Waals surface area contributed by atoms with Crippen molar-refractivity contribution < 1.29 is 4.79 Å². The Labute approximate surface area is 149 Å². The lowest BCUT2D eigenvalue weighted by Crippen LogP contribution is -2.43. The summed E-state index contributed by atoms with van der Waals surface area (Å²) < 4.78 is 0. The highest BCUT2D eigenvalue weighted by Gasteiger charge is 2.30. The molecule has 1 amide bonds. The average molecular weight is 335 g/mol.